The highest BCUT2D eigenvalue weighted by atomic mass is 19.4. The van der Waals surface area contributed by atoms with Crippen LogP contribution in [-0.4, -0.2) is 18.3 Å². The predicted octanol–water partition coefficient (Wildman–Crippen LogP) is 3.25. The summed E-state index contributed by atoms with van der Waals surface area (Å²) in [6.45, 7) is 2.54. The lowest BCUT2D eigenvalue weighted by Gasteiger charge is -2.44. The number of rotatable bonds is 5. The fourth-order valence-corrected chi connectivity index (χ4v) is 1.79. The minimum atomic E-state index is -4.07. The molecule has 1 nitrogen and oxygen atoms in total. The van der Waals surface area contributed by atoms with E-state index in [0.717, 1.165) is 19.3 Å². The highest BCUT2D eigenvalue weighted by Gasteiger charge is 2.57. The summed E-state index contributed by atoms with van der Waals surface area (Å²) in [5.41, 5.74) is -1.54. The van der Waals surface area contributed by atoms with E-state index in [1.54, 1.807) is 0 Å². The first kappa shape index (κ1) is 11.8. The van der Waals surface area contributed by atoms with Gasteiger partial charge in [-0.3, -0.25) is 0 Å². The van der Waals surface area contributed by atoms with Crippen LogP contribution in [0, 0.1) is 0 Å². The van der Waals surface area contributed by atoms with Gasteiger partial charge >= 0.3 is 6.18 Å². The molecule has 14 heavy (non-hydrogen) atoms. The monoisotopic (exact) mass is 209 g/mol. The Morgan fingerprint density at radius 1 is 1.21 bits per heavy atom. The second-order valence-corrected chi connectivity index (χ2v) is 4.07. The fourth-order valence-electron chi connectivity index (χ4n) is 1.79. The number of hydrogen-bond donors (Lipinski definition) is 1. The van der Waals surface area contributed by atoms with E-state index in [1.807, 2.05) is 6.92 Å². The van der Waals surface area contributed by atoms with Crippen LogP contribution in [0.25, 0.3) is 0 Å². The second kappa shape index (κ2) is 4.51. The van der Waals surface area contributed by atoms with Crippen molar-refractivity contribution in [1.29, 1.82) is 0 Å². The number of unbranched alkanes of at least 4 members (excludes halogenated alkanes) is 2. The molecule has 0 aromatic carbocycles. The molecule has 1 fully saturated rings. The molecule has 1 N–H and O–H groups in total. The van der Waals surface area contributed by atoms with Gasteiger partial charge in [0.05, 0.1) is 0 Å². The van der Waals surface area contributed by atoms with E-state index in [1.165, 1.54) is 0 Å². The van der Waals surface area contributed by atoms with Gasteiger partial charge in [0, 0.05) is 0 Å². The molecule has 1 rings (SSSR count). The molecule has 1 aliphatic carbocycles. The highest BCUT2D eigenvalue weighted by molar-refractivity contribution is 5.01. The third-order valence-corrected chi connectivity index (χ3v) is 2.99. The van der Waals surface area contributed by atoms with Crippen molar-refractivity contribution in [2.45, 2.75) is 57.2 Å². The van der Waals surface area contributed by atoms with Crippen molar-refractivity contribution < 1.29 is 13.2 Å². The standard InChI is InChI=1S/C10H18F3N/c1-2-3-4-8-14-9(6-5-7-9)10(11,12)13/h14H,2-8H2,1H3. The number of hydrogen-bond acceptors (Lipinski definition) is 1. The molecule has 0 aromatic heterocycles. The fraction of sp³-hybridized carbons (Fsp3) is 1.00. The summed E-state index contributed by atoms with van der Waals surface area (Å²) >= 11 is 0. The zero-order chi connectivity index (χ0) is 10.7. The van der Waals surface area contributed by atoms with Crippen LogP contribution in [0.2, 0.25) is 0 Å². The summed E-state index contributed by atoms with van der Waals surface area (Å²) in [4.78, 5) is 0. The molecule has 0 radical (unpaired) electrons. The Balaban J connectivity index is 2.32. The van der Waals surface area contributed by atoms with Crippen molar-refractivity contribution in [2.75, 3.05) is 6.54 Å². The summed E-state index contributed by atoms with van der Waals surface area (Å²) in [7, 11) is 0. The van der Waals surface area contributed by atoms with Gasteiger partial charge in [-0.25, -0.2) is 0 Å². The summed E-state index contributed by atoms with van der Waals surface area (Å²) in [5.74, 6) is 0. The lowest BCUT2D eigenvalue weighted by Crippen LogP contribution is -2.61. The summed E-state index contributed by atoms with van der Waals surface area (Å²) in [6.07, 6.45) is 0.0129. The number of nitrogens with one attached hydrogen (secondary N) is 1. The van der Waals surface area contributed by atoms with Crippen molar-refractivity contribution in [3.8, 4) is 0 Å². The zero-order valence-corrected chi connectivity index (χ0v) is 8.58. The maximum atomic E-state index is 12.6. The summed E-state index contributed by atoms with van der Waals surface area (Å²) in [5, 5.41) is 2.68. The van der Waals surface area contributed by atoms with Crippen LogP contribution in [-0.2, 0) is 0 Å². The van der Waals surface area contributed by atoms with E-state index in [0.29, 0.717) is 13.0 Å². The predicted molar refractivity (Wildman–Crippen MR) is 50.2 cm³/mol. The average Bonchev–Trinajstić information content (AvgIpc) is 1.98. The lowest BCUT2D eigenvalue weighted by atomic mass is 9.76. The Kier molecular flexibility index (Phi) is 3.81. The topological polar surface area (TPSA) is 12.0 Å². The Labute approximate surface area is 83.1 Å². The summed E-state index contributed by atoms with van der Waals surface area (Å²) in [6, 6.07) is 0. The largest absolute Gasteiger partial charge is 0.406 e. The molecule has 0 atom stereocenters. The molecular weight excluding hydrogens is 191 g/mol. The molecule has 4 heteroatoms. The van der Waals surface area contributed by atoms with Crippen LogP contribution in [0.4, 0.5) is 13.2 Å². The van der Waals surface area contributed by atoms with Gasteiger partial charge in [-0.1, -0.05) is 19.8 Å². The molecular formula is C10H18F3N. The lowest BCUT2D eigenvalue weighted by molar-refractivity contribution is -0.218. The molecule has 0 heterocycles. The first-order valence-corrected chi connectivity index (χ1v) is 5.33. The molecule has 0 bridgehead atoms. The second-order valence-electron chi connectivity index (χ2n) is 4.07. The summed E-state index contributed by atoms with van der Waals surface area (Å²) < 4.78 is 37.8. The Morgan fingerprint density at radius 3 is 2.21 bits per heavy atom. The van der Waals surface area contributed by atoms with Gasteiger partial charge in [0.15, 0.2) is 0 Å². The van der Waals surface area contributed by atoms with E-state index in [4.69, 9.17) is 0 Å². The first-order valence-electron chi connectivity index (χ1n) is 5.33. The molecule has 0 saturated heterocycles. The van der Waals surface area contributed by atoms with E-state index < -0.39 is 11.7 Å². The van der Waals surface area contributed by atoms with Gasteiger partial charge in [-0.15, -0.1) is 0 Å². The molecule has 84 valence electrons. The van der Waals surface area contributed by atoms with Gasteiger partial charge in [-0.05, 0) is 32.2 Å². The van der Waals surface area contributed by atoms with Crippen molar-refractivity contribution in [2.24, 2.45) is 0 Å². The third-order valence-electron chi connectivity index (χ3n) is 2.99. The van der Waals surface area contributed by atoms with Gasteiger partial charge in [-0.2, -0.15) is 13.2 Å². The van der Waals surface area contributed by atoms with E-state index >= 15 is 0 Å². The molecule has 0 aliphatic heterocycles. The molecule has 0 aromatic rings. The van der Waals surface area contributed by atoms with Crippen LogP contribution in [0.1, 0.15) is 45.4 Å². The molecule has 0 unspecified atom stereocenters. The number of alkyl halides is 3. The molecule has 0 amide bonds. The maximum absolute atomic E-state index is 12.6. The normalized spacial score (nSPS) is 20.6. The molecule has 1 aliphatic rings. The zero-order valence-electron chi connectivity index (χ0n) is 8.58. The molecule has 1 saturated carbocycles. The quantitative estimate of drug-likeness (QED) is 0.685. The van der Waals surface area contributed by atoms with E-state index in [9.17, 15) is 13.2 Å². The van der Waals surface area contributed by atoms with Gasteiger partial charge in [0.2, 0.25) is 0 Å². The Hall–Kier alpha value is -0.250. The van der Waals surface area contributed by atoms with Gasteiger partial charge in [0.25, 0.3) is 0 Å². The van der Waals surface area contributed by atoms with Crippen molar-refractivity contribution in [3.63, 3.8) is 0 Å². The van der Waals surface area contributed by atoms with Crippen LogP contribution >= 0.6 is 0 Å². The van der Waals surface area contributed by atoms with Crippen LogP contribution in [0.3, 0.4) is 0 Å². The SMILES string of the molecule is CCCCCNC1(C(F)(F)F)CCC1. The van der Waals surface area contributed by atoms with E-state index in [-0.39, 0.29) is 12.8 Å². The maximum Gasteiger partial charge on any atom is 0.406 e. The van der Waals surface area contributed by atoms with Crippen molar-refractivity contribution >= 4 is 0 Å². The minimum Gasteiger partial charge on any atom is -0.304 e. The van der Waals surface area contributed by atoms with Crippen LogP contribution in [0.5, 0.6) is 0 Å². The third kappa shape index (κ3) is 2.41. The smallest absolute Gasteiger partial charge is 0.304 e. The van der Waals surface area contributed by atoms with Crippen molar-refractivity contribution in [1.82, 2.24) is 5.32 Å². The first-order chi connectivity index (χ1) is 6.52. The van der Waals surface area contributed by atoms with Crippen molar-refractivity contribution in [3.05, 3.63) is 0 Å². The van der Waals surface area contributed by atoms with E-state index in [2.05, 4.69) is 5.32 Å². The highest BCUT2D eigenvalue weighted by Crippen LogP contribution is 2.44. The molecule has 0 spiro atoms. The van der Waals surface area contributed by atoms with Gasteiger partial charge < -0.3 is 5.32 Å². The minimum absolute atomic E-state index is 0.253. The Morgan fingerprint density at radius 2 is 1.86 bits per heavy atom. The van der Waals surface area contributed by atoms with Gasteiger partial charge in [0.1, 0.15) is 5.54 Å². The van der Waals surface area contributed by atoms with Crippen LogP contribution in [0.15, 0.2) is 0 Å². The van der Waals surface area contributed by atoms with Crippen LogP contribution < -0.4 is 5.32 Å². The number of halogens is 3. The average molecular weight is 209 g/mol. The Bertz CT molecular complexity index is 173.